The molecule has 1 aliphatic heterocycles. The SMILES string of the molecule is CC(C)CNC(=S)N1CCC[C@@H](c2nc3ccccc3[nH]2)C1. The normalized spacial score (nSPS) is 18.9. The number of rotatable bonds is 3. The minimum atomic E-state index is 0.431. The van der Waals surface area contributed by atoms with Crippen molar-refractivity contribution < 1.29 is 0 Å². The smallest absolute Gasteiger partial charge is 0.168 e. The number of aromatic nitrogens is 2. The number of H-pyrrole nitrogens is 1. The number of nitrogens with one attached hydrogen (secondary N) is 2. The highest BCUT2D eigenvalue weighted by Gasteiger charge is 2.25. The Balaban J connectivity index is 1.68. The molecular formula is C17H24N4S. The van der Waals surface area contributed by atoms with Gasteiger partial charge in [0.1, 0.15) is 5.82 Å². The van der Waals surface area contributed by atoms with Gasteiger partial charge in [-0.25, -0.2) is 4.98 Å². The van der Waals surface area contributed by atoms with Crippen LogP contribution in [-0.2, 0) is 0 Å². The standard InChI is InChI=1S/C17H24N4S/c1-12(2)10-18-17(22)21-9-5-6-13(11-21)16-19-14-7-3-4-8-15(14)20-16/h3-4,7-8,12-13H,5-6,9-11H2,1-2H3,(H,18,22)(H,19,20)/t13-/m1/s1. The zero-order valence-electron chi connectivity index (χ0n) is 13.3. The first-order chi connectivity index (χ1) is 10.6. The highest BCUT2D eigenvalue weighted by molar-refractivity contribution is 7.80. The van der Waals surface area contributed by atoms with Gasteiger partial charge in [0.05, 0.1) is 11.0 Å². The molecule has 1 fully saturated rings. The van der Waals surface area contributed by atoms with Crippen LogP contribution in [0.4, 0.5) is 0 Å². The molecule has 0 unspecified atom stereocenters. The van der Waals surface area contributed by atoms with E-state index >= 15 is 0 Å². The molecule has 5 heteroatoms. The maximum atomic E-state index is 5.54. The number of imidazole rings is 1. The maximum Gasteiger partial charge on any atom is 0.168 e. The van der Waals surface area contributed by atoms with Crippen LogP contribution in [0.3, 0.4) is 0 Å². The number of hydrogen-bond acceptors (Lipinski definition) is 2. The van der Waals surface area contributed by atoms with Gasteiger partial charge in [0.25, 0.3) is 0 Å². The molecule has 1 aromatic carbocycles. The maximum absolute atomic E-state index is 5.54. The monoisotopic (exact) mass is 316 g/mol. The Morgan fingerprint density at radius 3 is 3.05 bits per heavy atom. The van der Waals surface area contributed by atoms with Gasteiger partial charge < -0.3 is 15.2 Å². The van der Waals surface area contributed by atoms with E-state index in [1.165, 1.54) is 6.42 Å². The molecular weight excluding hydrogens is 292 g/mol. The second-order valence-corrected chi connectivity index (χ2v) is 6.89. The van der Waals surface area contributed by atoms with Gasteiger partial charge in [-0.1, -0.05) is 26.0 Å². The minimum Gasteiger partial charge on any atom is -0.362 e. The van der Waals surface area contributed by atoms with Gasteiger partial charge in [0, 0.05) is 25.6 Å². The molecule has 2 heterocycles. The molecule has 3 rings (SSSR count). The molecule has 1 aromatic heterocycles. The van der Waals surface area contributed by atoms with Crippen molar-refractivity contribution in [3.05, 3.63) is 30.1 Å². The van der Waals surface area contributed by atoms with Gasteiger partial charge in [0.2, 0.25) is 0 Å². The Morgan fingerprint density at radius 2 is 2.27 bits per heavy atom. The van der Waals surface area contributed by atoms with E-state index in [-0.39, 0.29) is 0 Å². The van der Waals surface area contributed by atoms with Crippen molar-refractivity contribution in [1.82, 2.24) is 20.2 Å². The second kappa shape index (κ2) is 6.65. The van der Waals surface area contributed by atoms with Crippen molar-refractivity contribution in [2.45, 2.75) is 32.6 Å². The Kier molecular flexibility index (Phi) is 4.62. The number of fused-ring (bicyclic) bond motifs is 1. The van der Waals surface area contributed by atoms with Crippen molar-refractivity contribution in [1.29, 1.82) is 0 Å². The topological polar surface area (TPSA) is 44.0 Å². The third-order valence-corrected chi connectivity index (χ3v) is 4.57. The number of hydrogen-bond donors (Lipinski definition) is 2. The number of benzene rings is 1. The summed E-state index contributed by atoms with van der Waals surface area (Å²) in [5, 5.41) is 4.26. The molecule has 4 nitrogen and oxygen atoms in total. The van der Waals surface area contributed by atoms with Gasteiger partial charge in [-0.2, -0.15) is 0 Å². The summed E-state index contributed by atoms with van der Waals surface area (Å²) in [6, 6.07) is 8.22. The van der Waals surface area contributed by atoms with Gasteiger partial charge in [-0.05, 0) is 43.1 Å². The summed E-state index contributed by atoms with van der Waals surface area (Å²) in [6.45, 7) is 7.32. The van der Waals surface area contributed by atoms with Crippen molar-refractivity contribution in [2.75, 3.05) is 19.6 Å². The van der Waals surface area contributed by atoms with E-state index in [0.29, 0.717) is 11.8 Å². The van der Waals surface area contributed by atoms with Crippen LogP contribution in [-0.4, -0.2) is 39.6 Å². The zero-order valence-corrected chi connectivity index (χ0v) is 14.1. The minimum absolute atomic E-state index is 0.431. The molecule has 2 aromatic rings. The average molecular weight is 316 g/mol. The molecule has 0 radical (unpaired) electrons. The molecule has 0 spiro atoms. The van der Waals surface area contributed by atoms with Crippen molar-refractivity contribution in [3.8, 4) is 0 Å². The van der Waals surface area contributed by atoms with Crippen LogP contribution in [0.5, 0.6) is 0 Å². The lowest BCUT2D eigenvalue weighted by molar-refractivity contribution is 0.299. The fourth-order valence-corrected chi connectivity index (χ4v) is 3.20. The van der Waals surface area contributed by atoms with Crippen molar-refractivity contribution >= 4 is 28.4 Å². The summed E-state index contributed by atoms with van der Waals surface area (Å²) in [7, 11) is 0. The predicted molar refractivity (Wildman–Crippen MR) is 95.1 cm³/mol. The number of aromatic amines is 1. The lowest BCUT2D eigenvalue weighted by atomic mass is 9.98. The predicted octanol–water partition coefficient (Wildman–Crippen LogP) is 3.27. The molecule has 2 N–H and O–H groups in total. The summed E-state index contributed by atoms with van der Waals surface area (Å²) < 4.78 is 0. The van der Waals surface area contributed by atoms with Crippen molar-refractivity contribution in [3.63, 3.8) is 0 Å². The van der Waals surface area contributed by atoms with E-state index in [0.717, 1.165) is 48.0 Å². The molecule has 0 aliphatic carbocycles. The first kappa shape index (κ1) is 15.3. The van der Waals surface area contributed by atoms with E-state index in [1.807, 2.05) is 12.1 Å². The van der Waals surface area contributed by atoms with Crippen LogP contribution in [0.2, 0.25) is 0 Å². The third kappa shape index (κ3) is 3.40. The summed E-state index contributed by atoms with van der Waals surface area (Å²) in [5.74, 6) is 2.13. The number of piperidine rings is 1. The van der Waals surface area contributed by atoms with Crippen LogP contribution >= 0.6 is 12.2 Å². The van der Waals surface area contributed by atoms with E-state index in [4.69, 9.17) is 17.2 Å². The summed E-state index contributed by atoms with van der Waals surface area (Å²) in [6.07, 6.45) is 2.33. The van der Waals surface area contributed by atoms with E-state index < -0.39 is 0 Å². The largest absolute Gasteiger partial charge is 0.362 e. The molecule has 0 amide bonds. The quantitative estimate of drug-likeness (QED) is 0.853. The zero-order chi connectivity index (χ0) is 15.5. The number of likely N-dealkylation sites (tertiary alicyclic amines) is 1. The lowest BCUT2D eigenvalue weighted by Crippen LogP contribution is -2.45. The lowest BCUT2D eigenvalue weighted by Gasteiger charge is -2.34. The molecule has 0 saturated carbocycles. The first-order valence-electron chi connectivity index (χ1n) is 8.11. The number of thiocarbonyl (C=S) groups is 1. The first-order valence-corrected chi connectivity index (χ1v) is 8.51. The molecule has 1 saturated heterocycles. The third-order valence-electron chi connectivity index (χ3n) is 4.16. The van der Waals surface area contributed by atoms with Crippen LogP contribution < -0.4 is 5.32 Å². The summed E-state index contributed by atoms with van der Waals surface area (Å²) in [5.41, 5.74) is 2.17. The molecule has 118 valence electrons. The summed E-state index contributed by atoms with van der Waals surface area (Å²) in [4.78, 5) is 10.5. The Hall–Kier alpha value is -1.62. The fourth-order valence-electron chi connectivity index (χ4n) is 2.95. The number of nitrogens with zero attached hydrogens (tertiary/aromatic N) is 2. The Morgan fingerprint density at radius 1 is 1.45 bits per heavy atom. The van der Waals surface area contributed by atoms with E-state index in [1.54, 1.807) is 0 Å². The van der Waals surface area contributed by atoms with Gasteiger partial charge in [-0.3, -0.25) is 0 Å². The van der Waals surface area contributed by atoms with E-state index in [9.17, 15) is 0 Å². The molecule has 22 heavy (non-hydrogen) atoms. The average Bonchev–Trinajstić information content (AvgIpc) is 2.96. The highest BCUT2D eigenvalue weighted by atomic mass is 32.1. The van der Waals surface area contributed by atoms with Crippen molar-refractivity contribution in [2.24, 2.45) is 5.92 Å². The Labute approximate surface area is 137 Å². The fraction of sp³-hybridized carbons (Fsp3) is 0.529. The van der Waals surface area contributed by atoms with Crippen LogP contribution in [0, 0.1) is 5.92 Å². The highest BCUT2D eigenvalue weighted by Crippen LogP contribution is 2.26. The Bertz CT molecular complexity index is 616. The van der Waals surface area contributed by atoms with Crippen LogP contribution in [0.1, 0.15) is 38.4 Å². The molecule has 1 aliphatic rings. The van der Waals surface area contributed by atoms with Gasteiger partial charge in [0.15, 0.2) is 5.11 Å². The van der Waals surface area contributed by atoms with Crippen LogP contribution in [0.15, 0.2) is 24.3 Å². The number of para-hydroxylation sites is 2. The molecule has 0 bridgehead atoms. The molecule has 1 atom stereocenters. The second-order valence-electron chi connectivity index (χ2n) is 6.50. The summed E-state index contributed by atoms with van der Waals surface area (Å²) >= 11 is 5.54. The van der Waals surface area contributed by atoms with E-state index in [2.05, 4.69) is 41.2 Å². The van der Waals surface area contributed by atoms with Gasteiger partial charge >= 0.3 is 0 Å². The van der Waals surface area contributed by atoms with Gasteiger partial charge in [-0.15, -0.1) is 0 Å². The van der Waals surface area contributed by atoms with Crippen LogP contribution in [0.25, 0.3) is 11.0 Å².